The van der Waals surface area contributed by atoms with Gasteiger partial charge in [-0.3, -0.25) is 0 Å². The van der Waals surface area contributed by atoms with Crippen molar-refractivity contribution < 1.29 is 14.0 Å². The van der Waals surface area contributed by atoms with Gasteiger partial charge in [-0.1, -0.05) is 27.4 Å². The Labute approximate surface area is 105 Å². The fourth-order valence-electron chi connectivity index (χ4n) is 1.34. The molecule has 1 N–H and O–H groups in total. The Morgan fingerprint density at radius 1 is 1.53 bits per heavy atom. The van der Waals surface area contributed by atoms with Gasteiger partial charge >= 0.3 is 6.09 Å². The zero-order valence-corrected chi connectivity index (χ0v) is 12.4. The van der Waals surface area contributed by atoms with Crippen molar-refractivity contribution in [3.8, 4) is 0 Å². The summed E-state index contributed by atoms with van der Waals surface area (Å²) in [6.45, 7) is 15.1. The number of carbonyl (C=O) groups is 1. The van der Waals surface area contributed by atoms with Crippen molar-refractivity contribution in [3.63, 3.8) is 0 Å². The van der Waals surface area contributed by atoms with Crippen LogP contribution in [0.1, 0.15) is 20.8 Å². The molecule has 0 aliphatic carbocycles. The van der Waals surface area contributed by atoms with Crippen molar-refractivity contribution in [2.24, 2.45) is 0 Å². The third-order valence-corrected chi connectivity index (χ3v) is 8.11. The van der Waals surface area contributed by atoms with E-state index in [2.05, 4.69) is 45.8 Å². The molecule has 17 heavy (non-hydrogen) atoms. The molecule has 0 radical (unpaired) electrons. The average molecular weight is 257 g/mol. The molecule has 2 atom stereocenters. The van der Waals surface area contributed by atoms with E-state index in [1.807, 2.05) is 0 Å². The molecule has 1 rings (SSSR count). The van der Waals surface area contributed by atoms with E-state index in [9.17, 15) is 4.79 Å². The van der Waals surface area contributed by atoms with Crippen LogP contribution in [-0.4, -0.2) is 33.2 Å². The summed E-state index contributed by atoms with van der Waals surface area (Å²) in [5.41, 5.74) is 0. The van der Waals surface area contributed by atoms with Crippen LogP contribution in [0.2, 0.25) is 18.1 Å². The predicted molar refractivity (Wildman–Crippen MR) is 70.5 cm³/mol. The number of alkyl carbamates (subject to hydrolysis) is 1. The number of hydrogen-bond donors (Lipinski definition) is 1. The zero-order valence-electron chi connectivity index (χ0n) is 11.4. The van der Waals surface area contributed by atoms with E-state index in [1.54, 1.807) is 6.08 Å². The van der Waals surface area contributed by atoms with Crippen LogP contribution in [0.5, 0.6) is 0 Å². The number of nitrogens with one attached hydrogen (secondary N) is 1. The first-order chi connectivity index (χ1) is 7.67. The number of hydrogen-bond acceptors (Lipinski definition) is 3. The summed E-state index contributed by atoms with van der Waals surface area (Å²) < 4.78 is 11.1. The topological polar surface area (TPSA) is 47.6 Å². The summed E-state index contributed by atoms with van der Waals surface area (Å²) in [4.78, 5) is 11.1. The average Bonchev–Trinajstić information content (AvgIpc) is 2.54. The van der Waals surface area contributed by atoms with Gasteiger partial charge in [0.2, 0.25) is 0 Å². The minimum absolute atomic E-state index is 0.117. The second-order valence-electron chi connectivity index (χ2n) is 5.93. The van der Waals surface area contributed by atoms with Crippen molar-refractivity contribution in [3.05, 3.63) is 12.7 Å². The van der Waals surface area contributed by atoms with Gasteiger partial charge in [-0.25, -0.2) is 4.79 Å². The molecule has 0 unspecified atom stereocenters. The first kappa shape index (κ1) is 14.2. The van der Waals surface area contributed by atoms with Crippen LogP contribution in [-0.2, 0) is 9.16 Å². The maximum absolute atomic E-state index is 11.1. The molecule has 5 heteroatoms. The van der Waals surface area contributed by atoms with Gasteiger partial charge in [0.05, 0.1) is 12.6 Å². The Kier molecular flexibility index (Phi) is 4.04. The number of cyclic esters (lactones) is 1. The van der Waals surface area contributed by atoms with E-state index in [4.69, 9.17) is 9.16 Å². The standard InChI is InChI=1S/C12H23NO3Si/c1-7-10-9(13-11(14)16-10)8-15-17(5,6)12(2,3)4/h7,9-10H,1,8H2,2-6H3,(H,13,14)/t9-,10+/m0/s1. The van der Waals surface area contributed by atoms with Crippen LogP contribution >= 0.6 is 0 Å². The van der Waals surface area contributed by atoms with E-state index in [0.717, 1.165) is 0 Å². The van der Waals surface area contributed by atoms with Crippen LogP contribution in [0.3, 0.4) is 0 Å². The fourth-order valence-corrected chi connectivity index (χ4v) is 2.37. The van der Waals surface area contributed by atoms with E-state index in [1.165, 1.54) is 0 Å². The van der Waals surface area contributed by atoms with Gasteiger partial charge in [0, 0.05) is 0 Å². The van der Waals surface area contributed by atoms with Crippen LogP contribution in [0.4, 0.5) is 4.79 Å². The lowest BCUT2D eigenvalue weighted by Crippen LogP contribution is -2.45. The van der Waals surface area contributed by atoms with Crippen molar-refractivity contribution in [1.29, 1.82) is 0 Å². The first-order valence-corrected chi connectivity index (χ1v) is 8.82. The molecular formula is C12H23NO3Si. The number of carbonyl (C=O) groups excluding carboxylic acids is 1. The van der Waals surface area contributed by atoms with Crippen molar-refractivity contribution >= 4 is 14.4 Å². The second kappa shape index (κ2) is 4.82. The first-order valence-electron chi connectivity index (χ1n) is 5.91. The third-order valence-electron chi connectivity index (χ3n) is 3.61. The molecule has 1 amide bonds. The Balaban J connectivity index is 2.56. The van der Waals surface area contributed by atoms with Gasteiger partial charge < -0.3 is 14.5 Å². The van der Waals surface area contributed by atoms with Crippen LogP contribution in [0.15, 0.2) is 12.7 Å². The van der Waals surface area contributed by atoms with Crippen molar-refractivity contribution in [1.82, 2.24) is 5.32 Å². The SMILES string of the molecule is C=C[C@H]1OC(=O)N[C@H]1CO[Si](C)(C)C(C)(C)C. The molecule has 1 heterocycles. The van der Waals surface area contributed by atoms with Crippen molar-refractivity contribution in [2.45, 2.75) is 51.0 Å². The Morgan fingerprint density at radius 2 is 2.12 bits per heavy atom. The lowest BCUT2D eigenvalue weighted by atomic mass is 10.2. The molecule has 1 aliphatic heterocycles. The minimum atomic E-state index is -1.78. The predicted octanol–water partition coefficient (Wildman–Crippen LogP) is 2.67. The highest BCUT2D eigenvalue weighted by molar-refractivity contribution is 6.74. The summed E-state index contributed by atoms with van der Waals surface area (Å²) in [7, 11) is -1.78. The largest absolute Gasteiger partial charge is 0.440 e. The maximum atomic E-state index is 11.1. The fraction of sp³-hybridized carbons (Fsp3) is 0.750. The van der Waals surface area contributed by atoms with Crippen LogP contribution < -0.4 is 5.32 Å². The molecule has 0 bridgehead atoms. The quantitative estimate of drug-likeness (QED) is 0.622. The Morgan fingerprint density at radius 3 is 2.59 bits per heavy atom. The molecule has 4 nitrogen and oxygen atoms in total. The monoisotopic (exact) mass is 257 g/mol. The maximum Gasteiger partial charge on any atom is 0.408 e. The molecule has 0 saturated carbocycles. The molecule has 1 fully saturated rings. The van der Waals surface area contributed by atoms with E-state index >= 15 is 0 Å². The van der Waals surface area contributed by atoms with Crippen LogP contribution in [0.25, 0.3) is 0 Å². The smallest absolute Gasteiger partial charge is 0.408 e. The zero-order chi connectivity index (χ0) is 13.3. The van der Waals surface area contributed by atoms with Crippen molar-refractivity contribution in [2.75, 3.05) is 6.61 Å². The van der Waals surface area contributed by atoms with Gasteiger partial charge in [0.15, 0.2) is 8.32 Å². The van der Waals surface area contributed by atoms with Crippen LogP contribution in [0, 0.1) is 0 Å². The summed E-state index contributed by atoms with van der Waals surface area (Å²) in [5.74, 6) is 0. The summed E-state index contributed by atoms with van der Waals surface area (Å²) in [6, 6.07) is -0.117. The Bertz CT molecular complexity index is 309. The molecule has 0 aromatic heterocycles. The van der Waals surface area contributed by atoms with Gasteiger partial charge in [0.25, 0.3) is 0 Å². The third kappa shape index (κ3) is 3.32. The highest BCUT2D eigenvalue weighted by Gasteiger charge is 2.40. The summed E-state index contributed by atoms with van der Waals surface area (Å²) in [5, 5.41) is 2.91. The molecule has 1 aliphatic rings. The highest BCUT2D eigenvalue weighted by atomic mass is 28.4. The van der Waals surface area contributed by atoms with E-state index in [-0.39, 0.29) is 17.2 Å². The minimum Gasteiger partial charge on any atom is -0.440 e. The van der Waals surface area contributed by atoms with Gasteiger partial charge in [-0.15, -0.1) is 0 Å². The number of rotatable bonds is 4. The van der Waals surface area contributed by atoms with Gasteiger partial charge in [0.1, 0.15) is 6.10 Å². The highest BCUT2D eigenvalue weighted by Crippen LogP contribution is 2.36. The van der Waals surface area contributed by atoms with Gasteiger partial charge in [-0.05, 0) is 24.2 Å². The summed E-state index contributed by atoms with van der Waals surface area (Å²) >= 11 is 0. The number of ether oxygens (including phenoxy) is 1. The second-order valence-corrected chi connectivity index (χ2v) is 10.7. The molecule has 0 aromatic rings. The molecule has 0 spiro atoms. The number of amides is 1. The summed E-state index contributed by atoms with van der Waals surface area (Å²) in [6.07, 6.45) is 0.961. The molecule has 98 valence electrons. The van der Waals surface area contributed by atoms with E-state index < -0.39 is 14.4 Å². The van der Waals surface area contributed by atoms with Gasteiger partial charge in [-0.2, -0.15) is 0 Å². The molecule has 1 saturated heterocycles. The lowest BCUT2D eigenvalue weighted by Gasteiger charge is -2.37. The lowest BCUT2D eigenvalue weighted by molar-refractivity contribution is 0.144. The molecule has 0 aromatic carbocycles. The van der Waals surface area contributed by atoms with E-state index in [0.29, 0.717) is 6.61 Å². The Hall–Kier alpha value is -0.813. The normalized spacial score (nSPS) is 25.4. The molecular weight excluding hydrogens is 234 g/mol.